The lowest BCUT2D eigenvalue weighted by Crippen LogP contribution is -2.20. The number of hydrogen-bond donors (Lipinski definition) is 1. The third kappa shape index (κ3) is 3.82. The van der Waals surface area contributed by atoms with Crippen LogP contribution in [0, 0.1) is 6.42 Å². The summed E-state index contributed by atoms with van der Waals surface area (Å²) in [5, 5.41) is 0. The van der Waals surface area contributed by atoms with E-state index >= 15 is 0 Å². The molecule has 0 saturated carbocycles. The Bertz CT molecular complexity index is 812. The van der Waals surface area contributed by atoms with E-state index in [2.05, 4.69) is 38.5 Å². The second-order valence-electron chi connectivity index (χ2n) is 6.65. The first-order valence-corrected chi connectivity index (χ1v) is 8.35. The molecule has 0 amide bonds. The lowest BCUT2D eigenvalue weighted by atomic mass is 9.76. The molecule has 3 rings (SSSR count). The lowest BCUT2D eigenvalue weighted by Gasteiger charge is -2.28. The van der Waals surface area contributed by atoms with Crippen LogP contribution >= 0.6 is 0 Å². The van der Waals surface area contributed by atoms with Gasteiger partial charge in [-0.1, -0.05) is 44.2 Å². The maximum absolute atomic E-state index is 12.2. The molecule has 2 N–H and O–H groups in total. The SMILES string of the molecule is CC(C)(C1=CC[CH]C=C1)c1ccc(OC(=O)c2ccc(N)cc2)cc1. The summed E-state index contributed by atoms with van der Waals surface area (Å²) in [6.45, 7) is 4.40. The molecule has 0 spiro atoms. The summed E-state index contributed by atoms with van der Waals surface area (Å²) >= 11 is 0. The summed E-state index contributed by atoms with van der Waals surface area (Å²) in [5.74, 6) is 0.142. The molecule has 0 unspecified atom stereocenters. The molecule has 25 heavy (non-hydrogen) atoms. The molecule has 1 aliphatic rings. The Hall–Kier alpha value is -2.81. The number of nitrogen functional groups attached to an aromatic ring is 1. The van der Waals surface area contributed by atoms with Crippen molar-refractivity contribution in [2.24, 2.45) is 0 Å². The minimum absolute atomic E-state index is 0.0930. The van der Waals surface area contributed by atoms with Gasteiger partial charge in [0.1, 0.15) is 5.75 Å². The number of ether oxygens (including phenoxy) is 1. The first-order valence-electron chi connectivity index (χ1n) is 8.35. The highest BCUT2D eigenvalue weighted by Gasteiger charge is 2.24. The molecule has 0 heterocycles. The third-order valence-electron chi connectivity index (χ3n) is 4.54. The molecule has 0 fully saturated rings. The van der Waals surface area contributed by atoms with Gasteiger partial charge in [-0.05, 0) is 60.4 Å². The number of allylic oxidation sites excluding steroid dienone is 4. The van der Waals surface area contributed by atoms with Gasteiger partial charge in [0, 0.05) is 11.1 Å². The molecular weight excluding hydrogens is 310 g/mol. The molecule has 3 nitrogen and oxygen atoms in total. The molecule has 1 aliphatic carbocycles. The number of rotatable bonds is 4. The van der Waals surface area contributed by atoms with Gasteiger partial charge < -0.3 is 10.5 Å². The highest BCUT2D eigenvalue weighted by atomic mass is 16.5. The average molecular weight is 332 g/mol. The van der Waals surface area contributed by atoms with Crippen LogP contribution in [0.5, 0.6) is 5.75 Å². The molecule has 127 valence electrons. The number of hydrogen-bond acceptors (Lipinski definition) is 3. The van der Waals surface area contributed by atoms with Gasteiger partial charge in [0.25, 0.3) is 0 Å². The van der Waals surface area contributed by atoms with Crippen LogP contribution in [-0.2, 0) is 5.41 Å². The van der Waals surface area contributed by atoms with Crippen molar-refractivity contribution < 1.29 is 9.53 Å². The van der Waals surface area contributed by atoms with Crippen LogP contribution < -0.4 is 10.5 Å². The molecule has 0 atom stereocenters. The summed E-state index contributed by atoms with van der Waals surface area (Å²) in [5.41, 5.74) is 9.11. The fourth-order valence-corrected chi connectivity index (χ4v) is 2.87. The van der Waals surface area contributed by atoms with Crippen molar-refractivity contribution in [1.29, 1.82) is 0 Å². The van der Waals surface area contributed by atoms with Gasteiger partial charge in [-0.15, -0.1) is 0 Å². The van der Waals surface area contributed by atoms with Crippen molar-refractivity contribution in [3.8, 4) is 5.75 Å². The van der Waals surface area contributed by atoms with E-state index in [1.54, 1.807) is 24.3 Å². The number of benzene rings is 2. The van der Waals surface area contributed by atoms with Gasteiger partial charge in [-0.3, -0.25) is 0 Å². The summed E-state index contributed by atoms with van der Waals surface area (Å²) in [6, 6.07) is 14.4. The maximum atomic E-state index is 12.2. The van der Waals surface area contributed by atoms with Gasteiger partial charge >= 0.3 is 5.97 Å². The second-order valence-corrected chi connectivity index (χ2v) is 6.65. The van der Waals surface area contributed by atoms with Gasteiger partial charge in [0.2, 0.25) is 0 Å². The lowest BCUT2D eigenvalue weighted by molar-refractivity contribution is 0.0735. The molecule has 1 radical (unpaired) electrons. The van der Waals surface area contributed by atoms with Crippen LogP contribution in [0.1, 0.15) is 36.2 Å². The Balaban J connectivity index is 1.73. The molecule has 0 saturated heterocycles. The first-order chi connectivity index (χ1) is 12.0. The fraction of sp³-hybridized carbons (Fsp3) is 0.182. The summed E-state index contributed by atoms with van der Waals surface area (Å²) in [7, 11) is 0. The molecule has 0 bridgehead atoms. The normalized spacial score (nSPS) is 14.1. The number of carbonyl (C=O) groups excluding carboxylic acids is 1. The zero-order chi connectivity index (χ0) is 17.9. The first kappa shape index (κ1) is 17.0. The quantitative estimate of drug-likeness (QED) is 0.494. The van der Waals surface area contributed by atoms with E-state index in [0.717, 1.165) is 6.42 Å². The number of anilines is 1. The Morgan fingerprint density at radius 1 is 1.04 bits per heavy atom. The van der Waals surface area contributed by atoms with Crippen LogP contribution in [0.15, 0.2) is 72.3 Å². The van der Waals surface area contributed by atoms with Crippen molar-refractivity contribution in [2.75, 3.05) is 5.73 Å². The Morgan fingerprint density at radius 2 is 1.72 bits per heavy atom. The van der Waals surface area contributed by atoms with Crippen LogP contribution in [0.25, 0.3) is 0 Å². The number of carbonyl (C=O) groups is 1. The van der Waals surface area contributed by atoms with Crippen molar-refractivity contribution >= 4 is 11.7 Å². The van der Waals surface area contributed by atoms with E-state index in [4.69, 9.17) is 10.5 Å². The smallest absolute Gasteiger partial charge is 0.343 e. The van der Waals surface area contributed by atoms with E-state index in [-0.39, 0.29) is 11.4 Å². The highest BCUT2D eigenvalue weighted by Crippen LogP contribution is 2.35. The van der Waals surface area contributed by atoms with Gasteiger partial charge in [-0.25, -0.2) is 4.79 Å². The monoisotopic (exact) mass is 332 g/mol. The molecule has 2 aromatic rings. The average Bonchev–Trinajstić information content (AvgIpc) is 2.63. The summed E-state index contributed by atoms with van der Waals surface area (Å²) in [4.78, 5) is 12.2. The fourth-order valence-electron chi connectivity index (χ4n) is 2.87. The van der Waals surface area contributed by atoms with E-state index in [1.165, 1.54) is 11.1 Å². The van der Waals surface area contributed by atoms with E-state index < -0.39 is 0 Å². The topological polar surface area (TPSA) is 52.3 Å². The highest BCUT2D eigenvalue weighted by molar-refractivity contribution is 5.91. The van der Waals surface area contributed by atoms with E-state index in [1.807, 2.05) is 24.3 Å². The van der Waals surface area contributed by atoms with Gasteiger partial charge in [-0.2, -0.15) is 0 Å². The minimum atomic E-state index is -0.388. The molecular formula is C22H22NO2. The van der Waals surface area contributed by atoms with Gasteiger partial charge in [0.15, 0.2) is 0 Å². The minimum Gasteiger partial charge on any atom is -0.423 e. The Labute approximate surface area is 148 Å². The number of nitrogens with two attached hydrogens (primary N) is 1. The largest absolute Gasteiger partial charge is 0.423 e. The van der Waals surface area contributed by atoms with Crippen LogP contribution in [0.3, 0.4) is 0 Å². The predicted octanol–water partition coefficient (Wildman–Crippen LogP) is 4.86. The maximum Gasteiger partial charge on any atom is 0.343 e. The molecule has 3 heteroatoms. The standard InChI is InChI=1S/C22H22NO2/c1-22(2,17-6-4-3-5-7-17)18-10-14-20(15-11-18)25-21(24)16-8-12-19(23)13-9-16/h3-4,6-15H,5,23H2,1-2H3. The third-order valence-corrected chi connectivity index (χ3v) is 4.54. The van der Waals surface area contributed by atoms with Crippen molar-refractivity contribution in [2.45, 2.75) is 25.7 Å². The van der Waals surface area contributed by atoms with E-state index in [0.29, 0.717) is 17.0 Å². The van der Waals surface area contributed by atoms with Crippen LogP contribution in [-0.4, -0.2) is 5.97 Å². The van der Waals surface area contributed by atoms with Gasteiger partial charge in [0.05, 0.1) is 5.56 Å². The van der Waals surface area contributed by atoms with Crippen LogP contribution in [0.2, 0.25) is 0 Å². The van der Waals surface area contributed by atoms with Crippen molar-refractivity contribution in [3.63, 3.8) is 0 Å². The van der Waals surface area contributed by atoms with Crippen molar-refractivity contribution in [3.05, 3.63) is 89.9 Å². The summed E-state index contributed by atoms with van der Waals surface area (Å²) < 4.78 is 5.44. The zero-order valence-electron chi connectivity index (χ0n) is 14.5. The Kier molecular flexibility index (Phi) is 4.75. The zero-order valence-corrected chi connectivity index (χ0v) is 14.5. The second kappa shape index (κ2) is 6.98. The molecule has 0 aromatic heterocycles. The summed E-state index contributed by atoms with van der Waals surface area (Å²) in [6.07, 6.45) is 9.60. The molecule has 0 aliphatic heterocycles. The molecule has 2 aromatic carbocycles. The van der Waals surface area contributed by atoms with Crippen LogP contribution in [0.4, 0.5) is 5.69 Å². The predicted molar refractivity (Wildman–Crippen MR) is 101 cm³/mol. The number of esters is 1. The van der Waals surface area contributed by atoms with Crippen molar-refractivity contribution in [1.82, 2.24) is 0 Å². The van der Waals surface area contributed by atoms with E-state index in [9.17, 15) is 4.79 Å². The Morgan fingerprint density at radius 3 is 2.32 bits per heavy atom.